The van der Waals surface area contributed by atoms with Crippen molar-refractivity contribution in [2.45, 2.75) is 25.2 Å². The number of esters is 1. The van der Waals surface area contributed by atoms with E-state index in [9.17, 15) is 9.59 Å². The zero-order valence-corrected chi connectivity index (χ0v) is 16.2. The summed E-state index contributed by atoms with van der Waals surface area (Å²) < 4.78 is 5.29. The average molecular weight is 382 g/mol. The molecule has 1 fully saturated rings. The van der Waals surface area contributed by atoms with Gasteiger partial charge in [0, 0.05) is 5.92 Å². The van der Waals surface area contributed by atoms with Crippen molar-refractivity contribution in [3.05, 3.63) is 101 Å². The molecule has 0 aromatic heterocycles. The fraction of sp³-hybridized carbons (Fsp3) is 0.231. The second-order valence-electron chi connectivity index (χ2n) is 7.96. The fourth-order valence-electron chi connectivity index (χ4n) is 5.27. The number of hydrogen-bond acceptors (Lipinski definition) is 3. The van der Waals surface area contributed by atoms with Crippen molar-refractivity contribution < 1.29 is 14.3 Å². The van der Waals surface area contributed by atoms with Gasteiger partial charge in [-0.3, -0.25) is 9.59 Å². The van der Waals surface area contributed by atoms with E-state index in [1.165, 1.54) is 0 Å². The standard InChI is InChI=1S/C26H22O3/c1-17-23-20(15-18-9-4-2-5-10-18)13-8-14-21(23)24(19-11-6-3-7-12-19)26(17)22(27)16-29-25(26)28/h2-7,9-12,15,24H,1,8,13-14,16H2/b20-15+. The van der Waals surface area contributed by atoms with Gasteiger partial charge in [-0.25, -0.2) is 0 Å². The van der Waals surface area contributed by atoms with Gasteiger partial charge < -0.3 is 4.74 Å². The molecular weight excluding hydrogens is 360 g/mol. The van der Waals surface area contributed by atoms with E-state index in [1.807, 2.05) is 48.5 Å². The molecule has 3 aliphatic rings. The highest BCUT2D eigenvalue weighted by Gasteiger charge is 2.65. The molecule has 2 aromatic carbocycles. The van der Waals surface area contributed by atoms with Crippen LogP contribution < -0.4 is 0 Å². The van der Waals surface area contributed by atoms with Gasteiger partial charge in [-0.05, 0) is 47.1 Å². The molecule has 29 heavy (non-hydrogen) atoms. The molecule has 3 nitrogen and oxygen atoms in total. The lowest BCUT2D eigenvalue weighted by Crippen LogP contribution is -2.39. The van der Waals surface area contributed by atoms with E-state index < -0.39 is 11.4 Å². The van der Waals surface area contributed by atoms with Crippen LogP contribution in [0.4, 0.5) is 0 Å². The number of ketones is 1. The Morgan fingerprint density at radius 1 is 0.966 bits per heavy atom. The van der Waals surface area contributed by atoms with E-state index in [-0.39, 0.29) is 18.3 Å². The van der Waals surface area contributed by atoms with Crippen molar-refractivity contribution in [3.8, 4) is 0 Å². The highest BCUT2D eigenvalue weighted by atomic mass is 16.5. The lowest BCUT2D eigenvalue weighted by atomic mass is 9.68. The Hall–Kier alpha value is -3.20. The van der Waals surface area contributed by atoms with E-state index in [0.717, 1.165) is 47.1 Å². The van der Waals surface area contributed by atoms with Gasteiger partial charge in [0.2, 0.25) is 0 Å². The number of allylic oxidation sites excluding steroid dienone is 3. The molecular formula is C26H22O3. The first-order chi connectivity index (χ1) is 14.1. The van der Waals surface area contributed by atoms with E-state index in [0.29, 0.717) is 5.57 Å². The molecule has 2 unspecified atom stereocenters. The molecule has 1 heterocycles. The number of cyclic esters (lactones) is 1. The summed E-state index contributed by atoms with van der Waals surface area (Å²) in [6, 6.07) is 20.0. The van der Waals surface area contributed by atoms with Gasteiger partial charge in [0.05, 0.1) is 0 Å². The fourth-order valence-corrected chi connectivity index (χ4v) is 5.27. The van der Waals surface area contributed by atoms with Crippen LogP contribution in [0.5, 0.6) is 0 Å². The zero-order chi connectivity index (χ0) is 20.0. The van der Waals surface area contributed by atoms with Gasteiger partial charge in [-0.15, -0.1) is 0 Å². The highest BCUT2D eigenvalue weighted by Crippen LogP contribution is 2.62. The maximum absolute atomic E-state index is 13.2. The maximum atomic E-state index is 13.2. The molecule has 1 spiro atoms. The predicted octanol–water partition coefficient (Wildman–Crippen LogP) is 5.02. The number of benzene rings is 2. The summed E-state index contributed by atoms with van der Waals surface area (Å²) in [5.41, 5.74) is 4.73. The van der Waals surface area contributed by atoms with Crippen LogP contribution in [0, 0.1) is 5.41 Å². The predicted molar refractivity (Wildman–Crippen MR) is 112 cm³/mol. The first-order valence-electron chi connectivity index (χ1n) is 10.1. The molecule has 0 radical (unpaired) electrons. The van der Waals surface area contributed by atoms with Crippen molar-refractivity contribution in [2.75, 3.05) is 6.61 Å². The Morgan fingerprint density at radius 3 is 2.31 bits per heavy atom. The highest BCUT2D eigenvalue weighted by molar-refractivity contribution is 6.15. The van der Waals surface area contributed by atoms with Gasteiger partial charge in [-0.1, -0.05) is 78.9 Å². The third kappa shape index (κ3) is 2.50. The van der Waals surface area contributed by atoms with Gasteiger partial charge in [-0.2, -0.15) is 0 Å². The third-order valence-electron chi connectivity index (χ3n) is 6.46. The molecule has 1 saturated heterocycles. The summed E-state index contributed by atoms with van der Waals surface area (Å²) in [6.45, 7) is 4.15. The van der Waals surface area contributed by atoms with E-state index >= 15 is 0 Å². The quantitative estimate of drug-likeness (QED) is 0.541. The number of hydrogen-bond donors (Lipinski definition) is 0. The van der Waals surface area contributed by atoms with Crippen LogP contribution in [0.15, 0.2) is 89.5 Å². The molecule has 2 atom stereocenters. The number of carbonyl (C=O) groups is 2. The third-order valence-corrected chi connectivity index (χ3v) is 6.46. The summed E-state index contributed by atoms with van der Waals surface area (Å²) in [7, 11) is 0. The smallest absolute Gasteiger partial charge is 0.325 e. The van der Waals surface area contributed by atoms with Gasteiger partial charge in [0.1, 0.15) is 0 Å². The topological polar surface area (TPSA) is 43.4 Å². The second kappa shape index (κ2) is 6.70. The molecule has 0 saturated carbocycles. The van der Waals surface area contributed by atoms with Crippen LogP contribution in [-0.2, 0) is 14.3 Å². The van der Waals surface area contributed by atoms with Crippen LogP contribution in [0.2, 0.25) is 0 Å². The summed E-state index contributed by atoms with van der Waals surface area (Å²) in [5, 5.41) is 0. The van der Waals surface area contributed by atoms with Crippen LogP contribution in [0.25, 0.3) is 6.08 Å². The SMILES string of the molecule is C=C1C2=C(CCC/C2=C\c2ccccc2)C(c2ccccc2)C12C(=O)COC2=O. The maximum Gasteiger partial charge on any atom is 0.325 e. The summed E-state index contributed by atoms with van der Waals surface area (Å²) in [4.78, 5) is 26.2. The molecule has 144 valence electrons. The van der Waals surface area contributed by atoms with Crippen molar-refractivity contribution in [1.29, 1.82) is 0 Å². The van der Waals surface area contributed by atoms with E-state index in [4.69, 9.17) is 4.74 Å². The Balaban J connectivity index is 1.73. The van der Waals surface area contributed by atoms with Gasteiger partial charge >= 0.3 is 5.97 Å². The van der Waals surface area contributed by atoms with Crippen molar-refractivity contribution in [2.24, 2.45) is 5.41 Å². The van der Waals surface area contributed by atoms with E-state index in [1.54, 1.807) is 0 Å². The summed E-state index contributed by atoms with van der Waals surface area (Å²) >= 11 is 0. The van der Waals surface area contributed by atoms with Crippen LogP contribution in [0.1, 0.15) is 36.3 Å². The average Bonchev–Trinajstić information content (AvgIpc) is 3.20. The largest absolute Gasteiger partial charge is 0.457 e. The lowest BCUT2D eigenvalue weighted by molar-refractivity contribution is -0.145. The molecule has 3 heteroatoms. The first kappa shape index (κ1) is 17.9. The van der Waals surface area contributed by atoms with Crippen LogP contribution in [0.3, 0.4) is 0 Å². The minimum absolute atomic E-state index is 0.167. The second-order valence-corrected chi connectivity index (χ2v) is 7.96. The Labute approximate surface area is 170 Å². The summed E-state index contributed by atoms with van der Waals surface area (Å²) in [6.07, 6.45) is 4.94. The number of carbonyl (C=O) groups excluding carboxylic acids is 2. The normalized spacial score (nSPS) is 27.7. The van der Waals surface area contributed by atoms with Gasteiger partial charge in [0.25, 0.3) is 0 Å². The van der Waals surface area contributed by atoms with Crippen LogP contribution in [-0.4, -0.2) is 18.4 Å². The number of ether oxygens (including phenoxy) is 1. The van der Waals surface area contributed by atoms with Crippen molar-refractivity contribution >= 4 is 17.8 Å². The Bertz CT molecular complexity index is 1060. The Morgan fingerprint density at radius 2 is 1.66 bits per heavy atom. The number of rotatable bonds is 2. The summed E-state index contributed by atoms with van der Waals surface area (Å²) in [5.74, 6) is -0.946. The molecule has 0 amide bonds. The van der Waals surface area contributed by atoms with Crippen molar-refractivity contribution in [3.63, 3.8) is 0 Å². The van der Waals surface area contributed by atoms with Crippen LogP contribution >= 0.6 is 0 Å². The number of Topliss-reactive ketones (excluding diaryl/α,β-unsaturated/α-hetero) is 1. The van der Waals surface area contributed by atoms with Crippen molar-refractivity contribution in [1.82, 2.24) is 0 Å². The first-order valence-corrected chi connectivity index (χ1v) is 10.1. The Kier molecular flexibility index (Phi) is 4.13. The van der Waals surface area contributed by atoms with E-state index in [2.05, 4.69) is 24.8 Å². The molecule has 0 N–H and O–H groups in total. The lowest BCUT2D eigenvalue weighted by Gasteiger charge is -2.29. The molecule has 2 aliphatic carbocycles. The molecule has 0 bridgehead atoms. The van der Waals surface area contributed by atoms with Gasteiger partial charge in [0.15, 0.2) is 17.8 Å². The zero-order valence-electron chi connectivity index (χ0n) is 16.2. The molecule has 2 aromatic rings. The minimum atomic E-state index is -1.31. The minimum Gasteiger partial charge on any atom is -0.457 e. The molecule has 1 aliphatic heterocycles. The monoisotopic (exact) mass is 382 g/mol. The molecule has 5 rings (SSSR count).